The second-order valence-corrected chi connectivity index (χ2v) is 5.37. The number of carbonyl (C=O) groups is 3. The Hall–Kier alpha value is -1.67. The van der Waals surface area contributed by atoms with Crippen LogP contribution in [0.1, 0.15) is 19.3 Å². The van der Waals surface area contributed by atoms with Crippen molar-refractivity contribution >= 4 is 17.9 Å². The molecule has 21 heavy (non-hydrogen) atoms. The molecule has 2 saturated heterocycles. The topological polar surface area (TPSA) is 99.2 Å². The van der Waals surface area contributed by atoms with Crippen LogP contribution in [0.2, 0.25) is 0 Å². The van der Waals surface area contributed by atoms with Gasteiger partial charge in [0.1, 0.15) is 13.2 Å². The average Bonchev–Trinajstić information content (AvgIpc) is 3.09. The molecule has 2 fully saturated rings. The van der Waals surface area contributed by atoms with Crippen molar-refractivity contribution in [2.75, 3.05) is 39.4 Å². The monoisotopic (exact) mass is 299 g/mol. The summed E-state index contributed by atoms with van der Waals surface area (Å²) in [6.07, 6.45) is 3.35. The van der Waals surface area contributed by atoms with Gasteiger partial charge in [-0.15, -0.1) is 0 Å². The molecule has 0 bridgehead atoms. The van der Waals surface area contributed by atoms with Gasteiger partial charge in [0.05, 0.1) is 0 Å². The van der Waals surface area contributed by atoms with E-state index in [4.69, 9.17) is 5.11 Å². The lowest BCUT2D eigenvalue weighted by Gasteiger charge is -2.23. The highest BCUT2D eigenvalue weighted by Gasteiger charge is 2.31. The number of rotatable bonds is 5. The number of carbonyl (C=O) groups excluding carboxylic acids is 2. The highest BCUT2D eigenvalue weighted by molar-refractivity contribution is 5.95. The molecule has 118 valence electrons. The molecule has 2 rings (SSSR count). The molecule has 2 aliphatic heterocycles. The summed E-state index contributed by atoms with van der Waals surface area (Å²) in [4.78, 5) is 37.6. The first-order chi connectivity index (χ1) is 10.1. The minimum Gasteiger partial charge on any atom is -0.480 e. The van der Waals surface area contributed by atoms with E-state index >= 15 is 0 Å². The van der Waals surface area contributed by atoms with Crippen LogP contribution in [0.3, 0.4) is 0 Å². The van der Waals surface area contributed by atoms with E-state index in [1.54, 1.807) is 4.90 Å². The van der Waals surface area contributed by atoms with Gasteiger partial charge < -0.3 is 14.7 Å². The lowest BCUT2D eigenvalue weighted by atomic mass is 10.2. The number of nitrogens with one attached hydrogen (secondary N) is 1. The Morgan fingerprint density at radius 2 is 1.86 bits per heavy atom. The number of carboxylic acids is 1. The van der Waals surface area contributed by atoms with Crippen LogP contribution < -0.4 is 5.32 Å². The zero-order chi connectivity index (χ0) is 15.2. The molecule has 2 heterocycles. The Morgan fingerprint density at radius 1 is 1.14 bits per heavy atom. The summed E-state index contributed by atoms with van der Waals surface area (Å²) in [6, 6.07) is -0.0442. The van der Waals surface area contributed by atoms with Crippen LogP contribution in [-0.2, 0) is 14.3 Å². The normalized spacial score (nSPS) is 22.5. The Balaban J connectivity index is 1.68. The summed E-state index contributed by atoms with van der Waals surface area (Å²) in [7, 11) is 0. The molecule has 1 unspecified atom stereocenters. The third-order valence-corrected chi connectivity index (χ3v) is 3.81. The predicted octanol–water partition coefficient (Wildman–Crippen LogP) is -0.506. The largest absolute Gasteiger partial charge is 0.480 e. The molecule has 0 aromatic rings. The van der Waals surface area contributed by atoms with Gasteiger partial charge in [-0.3, -0.25) is 15.0 Å². The van der Waals surface area contributed by atoms with Crippen molar-refractivity contribution < 1.29 is 24.2 Å². The fraction of sp³-hybridized carbons (Fsp3) is 0.769. The minimum atomic E-state index is -1.15. The highest BCUT2D eigenvalue weighted by Crippen LogP contribution is 2.20. The lowest BCUT2D eigenvalue weighted by molar-refractivity contribution is -0.143. The van der Waals surface area contributed by atoms with E-state index < -0.39 is 31.1 Å². The molecule has 0 aromatic heterocycles. The van der Waals surface area contributed by atoms with Crippen molar-refractivity contribution in [2.45, 2.75) is 25.3 Å². The number of nitrogens with zero attached hydrogens (tertiary/aromatic N) is 2. The standard InChI is InChI=1S/C13H21N3O5/c17-11(8-21-9-12(18)19)14-13(20)16-6-3-10(7-16)15-4-1-2-5-15/h10H,1-9H2,(H,18,19)(H,14,17,20). The quantitative estimate of drug-likeness (QED) is 0.709. The van der Waals surface area contributed by atoms with Crippen molar-refractivity contribution in [1.82, 2.24) is 15.1 Å². The fourth-order valence-electron chi connectivity index (χ4n) is 2.80. The predicted molar refractivity (Wildman–Crippen MR) is 72.8 cm³/mol. The van der Waals surface area contributed by atoms with Crippen LogP contribution >= 0.6 is 0 Å². The highest BCUT2D eigenvalue weighted by atomic mass is 16.5. The SMILES string of the molecule is O=C(O)COCC(=O)NC(=O)N1CCC(N2CCCC2)C1. The number of urea groups is 1. The zero-order valence-corrected chi connectivity index (χ0v) is 11.9. The maximum absolute atomic E-state index is 11.9. The number of carboxylic acid groups (broad SMARTS) is 1. The molecule has 1 atom stereocenters. The number of imide groups is 1. The van der Waals surface area contributed by atoms with Crippen molar-refractivity contribution in [3.05, 3.63) is 0 Å². The van der Waals surface area contributed by atoms with Gasteiger partial charge in [-0.1, -0.05) is 0 Å². The molecule has 0 radical (unpaired) electrons. The van der Waals surface area contributed by atoms with Gasteiger partial charge >= 0.3 is 12.0 Å². The van der Waals surface area contributed by atoms with E-state index in [0.717, 1.165) is 19.5 Å². The second kappa shape index (κ2) is 7.37. The maximum Gasteiger partial charge on any atom is 0.329 e. The summed E-state index contributed by atoms with van der Waals surface area (Å²) >= 11 is 0. The van der Waals surface area contributed by atoms with Gasteiger partial charge in [0.15, 0.2) is 0 Å². The molecule has 2 N–H and O–H groups in total. The van der Waals surface area contributed by atoms with Crippen molar-refractivity contribution in [3.8, 4) is 0 Å². The minimum absolute atomic E-state index is 0.386. The third-order valence-electron chi connectivity index (χ3n) is 3.81. The van der Waals surface area contributed by atoms with Crippen molar-refractivity contribution in [2.24, 2.45) is 0 Å². The Kier molecular flexibility index (Phi) is 5.51. The van der Waals surface area contributed by atoms with Crippen molar-refractivity contribution in [3.63, 3.8) is 0 Å². The number of ether oxygens (including phenoxy) is 1. The van der Waals surface area contributed by atoms with Crippen LogP contribution in [0, 0.1) is 0 Å². The molecule has 0 aliphatic carbocycles. The number of hydrogen-bond donors (Lipinski definition) is 2. The molecular formula is C13H21N3O5. The summed E-state index contributed by atoms with van der Waals surface area (Å²) in [5.41, 5.74) is 0. The summed E-state index contributed by atoms with van der Waals surface area (Å²) in [5, 5.41) is 10.6. The van der Waals surface area contributed by atoms with E-state index in [0.29, 0.717) is 19.1 Å². The fourth-order valence-corrected chi connectivity index (χ4v) is 2.80. The van der Waals surface area contributed by atoms with Gasteiger partial charge in [-0.05, 0) is 32.4 Å². The van der Waals surface area contributed by atoms with Gasteiger partial charge in [0, 0.05) is 19.1 Å². The Morgan fingerprint density at radius 3 is 2.52 bits per heavy atom. The number of amides is 3. The molecule has 0 spiro atoms. The molecule has 0 aromatic carbocycles. The van der Waals surface area contributed by atoms with E-state index in [-0.39, 0.29) is 0 Å². The first-order valence-electron chi connectivity index (χ1n) is 7.18. The lowest BCUT2D eigenvalue weighted by Crippen LogP contribution is -2.44. The van der Waals surface area contributed by atoms with Gasteiger partial charge in [-0.2, -0.15) is 0 Å². The molecule has 3 amide bonds. The summed E-state index contributed by atoms with van der Waals surface area (Å²) in [5.74, 6) is -1.77. The van der Waals surface area contributed by atoms with Crippen molar-refractivity contribution in [1.29, 1.82) is 0 Å². The molecular weight excluding hydrogens is 278 g/mol. The zero-order valence-electron chi connectivity index (χ0n) is 11.9. The van der Waals surface area contributed by atoms with Crippen LogP contribution in [-0.4, -0.2) is 78.2 Å². The number of aliphatic carboxylic acids is 1. The first kappa shape index (κ1) is 15.7. The van der Waals surface area contributed by atoms with Gasteiger partial charge in [0.25, 0.3) is 5.91 Å². The molecule has 2 aliphatic rings. The molecule has 8 heteroatoms. The van der Waals surface area contributed by atoms with Gasteiger partial charge in [0.2, 0.25) is 0 Å². The maximum atomic E-state index is 11.9. The smallest absolute Gasteiger partial charge is 0.329 e. The second-order valence-electron chi connectivity index (χ2n) is 5.37. The van der Waals surface area contributed by atoms with Gasteiger partial charge in [-0.25, -0.2) is 9.59 Å². The van der Waals surface area contributed by atoms with E-state index in [9.17, 15) is 14.4 Å². The summed E-state index contributed by atoms with van der Waals surface area (Å²) in [6.45, 7) is 2.46. The van der Waals surface area contributed by atoms with Crippen LogP contribution in [0.4, 0.5) is 4.79 Å². The summed E-state index contributed by atoms with van der Waals surface area (Å²) < 4.78 is 4.63. The number of likely N-dealkylation sites (tertiary alicyclic amines) is 2. The first-order valence-corrected chi connectivity index (χ1v) is 7.18. The van der Waals surface area contributed by atoms with Crippen LogP contribution in [0.25, 0.3) is 0 Å². The molecule has 0 saturated carbocycles. The van der Waals surface area contributed by atoms with E-state index in [2.05, 4.69) is 15.0 Å². The van der Waals surface area contributed by atoms with E-state index in [1.807, 2.05) is 0 Å². The molecule has 8 nitrogen and oxygen atoms in total. The van der Waals surface area contributed by atoms with Crippen LogP contribution in [0.5, 0.6) is 0 Å². The Bertz CT molecular complexity index is 409. The van der Waals surface area contributed by atoms with Crippen LogP contribution in [0.15, 0.2) is 0 Å². The third kappa shape index (κ3) is 4.68. The average molecular weight is 299 g/mol. The van der Waals surface area contributed by atoms with E-state index in [1.165, 1.54) is 12.8 Å². The Labute approximate surface area is 123 Å². The number of hydrogen-bond acceptors (Lipinski definition) is 5.